The molecule has 136 valence electrons. The fourth-order valence-electron chi connectivity index (χ4n) is 1.59. The van der Waals surface area contributed by atoms with E-state index in [1.165, 1.54) is 24.3 Å². The second kappa shape index (κ2) is 8.73. The molecule has 0 atom stereocenters. The molecule has 4 N–H and O–H groups in total. The van der Waals surface area contributed by atoms with Crippen LogP contribution in [0.15, 0.2) is 29.3 Å². The minimum Gasteiger partial charge on any atom is -0.406 e. The highest BCUT2D eigenvalue weighted by Crippen LogP contribution is 2.22. The Morgan fingerprint density at radius 3 is 2.42 bits per heavy atom. The van der Waals surface area contributed by atoms with Gasteiger partial charge < -0.3 is 15.8 Å². The molecule has 0 saturated carbocycles. The Hall–Kier alpha value is -2.01. The van der Waals surface area contributed by atoms with Crippen molar-refractivity contribution in [3.8, 4) is 5.75 Å². The van der Waals surface area contributed by atoms with E-state index in [9.17, 15) is 21.6 Å². The lowest BCUT2D eigenvalue weighted by atomic mass is 10.2. The molecule has 0 spiro atoms. The van der Waals surface area contributed by atoms with Crippen molar-refractivity contribution < 1.29 is 26.3 Å². The van der Waals surface area contributed by atoms with Crippen LogP contribution in [0.25, 0.3) is 0 Å². The minimum atomic E-state index is -4.72. The van der Waals surface area contributed by atoms with Crippen molar-refractivity contribution in [1.29, 1.82) is 0 Å². The van der Waals surface area contributed by atoms with E-state index in [1.54, 1.807) is 0 Å². The number of alkyl halides is 3. The Kier molecular flexibility index (Phi) is 7.29. The van der Waals surface area contributed by atoms with Crippen LogP contribution in [-0.2, 0) is 16.6 Å². The first-order chi connectivity index (χ1) is 11.1. The lowest BCUT2D eigenvalue weighted by molar-refractivity contribution is -0.274. The van der Waals surface area contributed by atoms with Crippen molar-refractivity contribution in [2.24, 2.45) is 10.7 Å². The number of hydrogen-bond acceptors (Lipinski definition) is 4. The average molecular weight is 368 g/mol. The van der Waals surface area contributed by atoms with E-state index in [-0.39, 0.29) is 24.8 Å². The predicted octanol–water partition coefficient (Wildman–Crippen LogP) is 0.929. The zero-order valence-electron chi connectivity index (χ0n) is 12.9. The van der Waals surface area contributed by atoms with Crippen LogP contribution in [0.3, 0.4) is 0 Å². The summed E-state index contributed by atoms with van der Waals surface area (Å²) in [7, 11) is -3.21. The standard InChI is InChI=1S/C13H19F3N4O3S/c1-24(21,22)20-8-2-7-18-12(17)19-9-10-3-5-11(6-4-10)23-13(14,15)16/h3-6,20H,2,7-9H2,1H3,(H3,17,18,19). The first-order valence-electron chi connectivity index (χ1n) is 6.88. The molecule has 0 aliphatic rings. The Morgan fingerprint density at radius 1 is 1.25 bits per heavy atom. The Balaban J connectivity index is 2.34. The fraction of sp³-hybridized carbons (Fsp3) is 0.462. The van der Waals surface area contributed by atoms with Crippen LogP contribution in [-0.4, -0.2) is 40.1 Å². The number of hydrogen-bond donors (Lipinski definition) is 3. The van der Waals surface area contributed by atoms with Gasteiger partial charge in [-0.2, -0.15) is 0 Å². The number of guanidine groups is 1. The van der Waals surface area contributed by atoms with Gasteiger partial charge in [0.2, 0.25) is 10.0 Å². The quantitative estimate of drug-likeness (QED) is 0.360. The first kappa shape index (κ1) is 20.0. The van der Waals surface area contributed by atoms with Crippen LogP contribution >= 0.6 is 0 Å². The molecule has 0 fully saturated rings. The van der Waals surface area contributed by atoms with Gasteiger partial charge in [-0.1, -0.05) is 12.1 Å². The van der Waals surface area contributed by atoms with Gasteiger partial charge in [-0.05, 0) is 24.1 Å². The molecule has 0 amide bonds. The molecule has 1 aromatic rings. The fourth-order valence-corrected chi connectivity index (χ4v) is 2.11. The van der Waals surface area contributed by atoms with Gasteiger partial charge in [0.1, 0.15) is 5.75 Å². The van der Waals surface area contributed by atoms with E-state index in [1.807, 2.05) is 0 Å². The summed E-state index contributed by atoms with van der Waals surface area (Å²) < 4.78 is 63.9. The average Bonchev–Trinajstić information content (AvgIpc) is 2.43. The van der Waals surface area contributed by atoms with E-state index in [0.29, 0.717) is 18.5 Å². The second-order valence-electron chi connectivity index (χ2n) is 4.84. The van der Waals surface area contributed by atoms with E-state index in [2.05, 4.69) is 19.8 Å². The summed E-state index contributed by atoms with van der Waals surface area (Å²) in [6.45, 7) is 0.892. The molecular formula is C13H19F3N4O3S. The number of benzene rings is 1. The third-order valence-corrected chi connectivity index (χ3v) is 3.34. The monoisotopic (exact) mass is 368 g/mol. The molecule has 0 radical (unpaired) electrons. The minimum absolute atomic E-state index is 0.157. The van der Waals surface area contributed by atoms with Crippen molar-refractivity contribution in [2.75, 3.05) is 19.3 Å². The maximum absolute atomic E-state index is 12.0. The van der Waals surface area contributed by atoms with Crippen LogP contribution in [0.2, 0.25) is 0 Å². The smallest absolute Gasteiger partial charge is 0.406 e. The van der Waals surface area contributed by atoms with Crippen molar-refractivity contribution in [1.82, 2.24) is 10.0 Å². The van der Waals surface area contributed by atoms with Gasteiger partial charge in [0.05, 0.1) is 12.8 Å². The first-order valence-corrected chi connectivity index (χ1v) is 8.77. The molecule has 1 aromatic carbocycles. The van der Waals surface area contributed by atoms with E-state index < -0.39 is 16.4 Å². The van der Waals surface area contributed by atoms with Crippen molar-refractivity contribution in [2.45, 2.75) is 19.3 Å². The molecule has 0 aliphatic heterocycles. The highest BCUT2D eigenvalue weighted by atomic mass is 32.2. The Bertz CT molecular complexity index is 645. The molecule has 11 heteroatoms. The van der Waals surface area contributed by atoms with E-state index >= 15 is 0 Å². The SMILES string of the molecule is CS(=O)(=O)NCCCNC(N)=NCc1ccc(OC(F)(F)F)cc1. The third kappa shape index (κ3) is 9.90. The molecule has 24 heavy (non-hydrogen) atoms. The van der Waals surface area contributed by atoms with Gasteiger partial charge in [-0.25, -0.2) is 18.1 Å². The summed E-state index contributed by atoms with van der Waals surface area (Å²) >= 11 is 0. The largest absolute Gasteiger partial charge is 0.573 e. The normalized spacial score (nSPS) is 12.9. The maximum Gasteiger partial charge on any atom is 0.573 e. The number of rotatable bonds is 8. The number of nitrogens with two attached hydrogens (primary N) is 1. The molecule has 1 rings (SSSR count). The Morgan fingerprint density at radius 2 is 1.88 bits per heavy atom. The predicted molar refractivity (Wildman–Crippen MR) is 83.9 cm³/mol. The van der Waals surface area contributed by atoms with Crippen LogP contribution in [0.4, 0.5) is 13.2 Å². The zero-order valence-corrected chi connectivity index (χ0v) is 13.7. The molecule has 0 unspecified atom stereocenters. The number of nitrogens with zero attached hydrogens (tertiary/aromatic N) is 1. The molecule has 0 aromatic heterocycles. The Labute approximate surface area is 138 Å². The van der Waals surface area contributed by atoms with E-state index in [0.717, 1.165) is 6.26 Å². The lowest BCUT2D eigenvalue weighted by Gasteiger charge is -2.09. The number of sulfonamides is 1. The van der Waals surface area contributed by atoms with E-state index in [4.69, 9.17) is 5.73 Å². The zero-order chi connectivity index (χ0) is 18.2. The van der Waals surface area contributed by atoms with Crippen LogP contribution in [0.1, 0.15) is 12.0 Å². The molecule has 0 saturated heterocycles. The molecular weight excluding hydrogens is 349 g/mol. The summed E-state index contributed by atoms with van der Waals surface area (Å²) in [6, 6.07) is 5.29. The summed E-state index contributed by atoms with van der Waals surface area (Å²) in [4.78, 5) is 4.03. The highest BCUT2D eigenvalue weighted by molar-refractivity contribution is 7.88. The summed E-state index contributed by atoms with van der Waals surface area (Å²) in [5.74, 6) is -0.148. The molecule has 0 aliphatic carbocycles. The van der Waals surface area contributed by atoms with Crippen LogP contribution in [0, 0.1) is 0 Å². The lowest BCUT2D eigenvalue weighted by Crippen LogP contribution is -2.34. The van der Waals surface area contributed by atoms with Gasteiger partial charge in [-0.15, -0.1) is 13.2 Å². The third-order valence-electron chi connectivity index (χ3n) is 2.61. The van der Waals surface area contributed by atoms with Gasteiger partial charge >= 0.3 is 6.36 Å². The van der Waals surface area contributed by atoms with Gasteiger partial charge in [0.15, 0.2) is 5.96 Å². The highest BCUT2D eigenvalue weighted by Gasteiger charge is 2.30. The van der Waals surface area contributed by atoms with Gasteiger partial charge in [0.25, 0.3) is 0 Å². The molecule has 0 heterocycles. The van der Waals surface area contributed by atoms with Gasteiger partial charge in [-0.3, -0.25) is 0 Å². The number of halogens is 3. The molecule has 7 nitrogen and oxygen atoms in total. The number of aliphatic imine (C=N–C) groups is 1. The number of ether oxygens (including phenoxy) is 1. The number of nitrogens with one attached hydrogen (secondary N) is 2. The van der Waals surface area contributed by atoms with Gasteiger partial charge in [0, 0.05) is 13.1 Å². The van der Waals surface area contributed by atoms with Crippen molar-refractivity contribution >= 4 is 16.0 Å². The second-order valence-corrected chi connectivity index (χ2v) is 6.67. The summed E-state index contributed by atoms with van der Waals surface area (Å²) in [5.41, 5.74) is 6.29. The van der Waals surface area contributed by atoms with Crippen LogP contribution < -0.4 is 20.5 Å². The summed E-state index contributed by atoms with van der Waals surface area (Å²) in [6.07, 6.45) is -3.13. The topological polar surface area (TPSA) is 106 Å². The summed E-state index contributed by atoms with van der Waals surface area (Å²) in [5, 5.41) is 2.80. The van der Waals surface area contributed by atoms with Crippen LogP contribution in [0.5, 0.6) is 5.75 Å². The maximum atomic E-state index is 12.0. The van der Waals surface area contributed by atoms with Crippen molar-refractivity contribution in [3.05, 3.63) is 29.8 Å². The molecule has 0 bridgehead atoms. The van der Waals surface area contributed by atoms with Crippen molar-refractivity contribution in [3.63, 3.8) is 0 Å².